The van der Waals surface area contributed by atoms with Crippen molar-refractivity contribution in [2.24, 2.45) is 23.2 Å². The van der Waals surface area contributed by atoms with Crippen molar-refractivity contribution in [1.82, 2.24) is 5.16 Å². The number of fused-ring (bicyclic) bond motifs is 3. The number of phenols is 1. The van der Waals surface area contributed by atoms with Crippen molar-refractivity contribution in [3.8, 4) is 5.75 Å². The molecule has 3 heteroatoms. The van der Waals surface area contributed by atoms with Crippen molar-refractivity contribution >= 4 is 0 Å². The number of rotatable bonds is 5. The van der Waals surface area contributed by atoms with Crippen molar-refractivity contribution in [2.45, 2.75) is 85.5 Å². The minimum Gasteiger partial charge on any atom is -0.508 e. The van der Waals surface area contributed by atoms with Gasteiger partial charge in [-0.15, -0.1) is 0 Å². The van der Waals surface area contributed by atoms with Crippen molar-refractivity contribution in [1.29, 1.82) is 0 Å². The first kappa shape index (κ1) is 20.5. The van der Waals surface area contributed by atoms with E-state index in [1.807, 2.05) is 6.92 Å². The average Bonchev–Trinajstić information content (AvgIpc) is 3.13. The fourth-order valence-corrected chi connectivity index (χ4v) is 6.62. The Hall–Kier alpha value is -1.77. The Bertz CT molecular complexity index is 870. The third-order valence-corrected chi connectivity index (χ3v) is 8.61. The molecule has 1 N–H and O–H groups in total. The van der Waals surface area contributed by atoms with Gasteiger partial charge in [0, 0.05) is 12.5 Å². The number of hydrogen-bond donors (Lipinski definition) is 1. The molecule has 1 aromatic carbocycles. The van der Waals surface area contributed by atoms with Gasteiger partial charge < -0.3 is 9.63 Å². The maximum Gasteiger partial charge on any atom is 0.137 e. The lowest BCUT2D eigenvalue weighted by atomic mass is 9.51. The second-order valence-corrected chi connectivity index (χ2v) is 9.92. The molecule has 0 aliphatic heterocycles. The molecule has 2 aromatic rings. The van der Waals surface area contributed by atoms with Crippen LogP contribution in [0.15, 0.2) is 22.7 Å². The summed E-state index contributed by atoms with van der Waals surface area (Å²) in [6.07, 6.45) is 7.96. The van der Waals surface area contributed by atoms with E-state index >= 15 is 0 Å². The molecule has 0 bridgehead atoms. The summed E-state index contributed by atoms with van der Waals surface area (Å²) in [7, 11) is 0. The molecule has 5 atom stereocenters. The number of hydrogen-bond acceptors (Lipinski definition) is 3. The summed E-state index contributed by atoms with van der Waals surface area (Å²) in [4.78, 5) is 0. The number of aromatic hydroxyl groups is 1. The second kappa shape index (κ2) is 7.81. The summed E-state index contributed by atoms with van der Waals surface area (Å²) in [5, 5.41) is 14.4. The average molecular weight is 396 g/mol. The van der Waals surface area contributed by atoms with Gasteiger partial charge in [0.2, 0.25) is 0 Å². The van der Waals surface area contributed by atoms with E-state index < -0.39 is 0 Å². The van der Waals surface area contributed by atoms with Crippen LogP contribution in [0.1, 0.15) is 87.4 Å². The molecular formula is C26H37NO2. The summed E-state index contributed by atoms with van der Waals surface area (Å²) >= 11 is 0. The standard InChI is InChI=1S/C26H37NO2/c1-6-18-13-24-19(14-25(18)28)8-9-22-17(4)26(5,11-10-23(22)24)20(7-2)15-21-12-16(3)27-29-21/h12-14,17,20,22-23,28H,6-11,15H2,1-5H3. The normalized spacial score (nSPS) is 29.9. The predicted octanol–water partition coefficient (Wildman–Crippen LogP) is 6.60. The molecule has 1 heterocycles. The lowest BCUT2D eigenvalue weighted by Gasteiger charge is -2.54. The van der Waals surface area contributed by atoms with Crippen molar-refractivity contribution in [2.75, 3.05) is 0 Å². The molecule has 3 nitrogen and oxygen atoms in total. The van der Waals surface area contributed by atoms with Crippen LogP contribution in [0.25, 0.3) is 0 Å². The summed E-state index contributed by atoms with van der Waals surface area (Å²) in [6.45, 7) is 11.5. The Kier molecular flexibility index (Phi) is 5.52. The molecule has 1 fully saturated rings. The van der Waals surface area contributed by atoms with Crippen LogP contribution in [0.3, 0.4) is 0 Å². The van der Waals surface area contributed by atoms with Crippen LogP contribution in [0.2, 0.25) is 0 Å². The summed E-state index contributed by atoms with van der Waals surface area (Å²) in [6, 6.07) is 6.49. The Morgan fingerprint density at radius 3 is 2.69 bits per heavy atom. The van der Waals surface area contributed by atoms with Gasteiger partial charge in [-0.05, 0) is 90.9 Å². The van der Waals surface area contributed by atoms with Gasteiger partial charge in [-0.3, -0.25) is 0 Å². The lowest BCUT2D eigenvalue weighted by molar-refractivity contribution is -0.00995. The largest absolute Gasteiger partial charge is 0.508 e. The zero-order chi connectivity index (χ0) is 20.8. The van der Waals surface area contributed by atoms with Crippen LogP contribution in [0.5, 0.6) is 5.75 Å². The fraction of sp³-hybridized carbons (Fsp3) is 0.654. The highest BCUT2D eigenvalue weighted by atomic mass is 16.5. The van der Waals surface area contributed by atoms with Crippen molar-refractivity contribution in [3.63, 3.8) is 0 Å². The molecular weight excluding hydrogens is 358 g/mol. The number of aromatic nitrogens is 1. The van der Waals surface area contributed by atoms with Gasteiger partial charge in [-0.2, -0.15) is 0 Å². The highest BCUT2D eigenvalue weighted by Gasteiger charge is 2.49. The van der Waals surface area contributed by atoms with E-state index in [0.29, 0.717) is 28.9 Å². The third-order valence-electron chi connectivity index (χ3n) is 8.61. The molecule has 0 amide bonds. The molecule has 0 radical (unpaired) electrons. The van der Waals surface area contributed by atoms with Gasteiger partial charge in [-0.25, -0.2) is 0 Å². The predicted molar refractivity (Wildman–Crippen MR) is 117 cm³/mol. The Balaban J connectivity index is 1.60. The number of aryl methyl sites for hydroxylation is 3. The Labute approximate surface area is 175 Å². The van der Waals surface area contributed by atoms with Gasteiger partial charge in [0.25, 0.3) is 0 Å². The topological polar surface area (TPSA) is 46.3 Å². The number of nitrogens with zero attached hydrogens (tertiary/aromatic N) is 1. The maximum absolute atomic E-state index is 10.3. The van der Waals surface area contributed by atoms with Crippen molar-refractivity contribution in [3.05, 3.63) is 46.3 Å². The molecule has 4 rings (SSSR count). The van der Waals surface area contributed by atoms with Crippen LogP contribution < -0.4 is 0 Å². The summed E-state index contributed by atoms with van der Waals surface area (Å²) < 4.78 is 5.58. The molecule has 158 valence electrons. The first-order valence-corrected chi connectivity index (χ1v) is 11.6. The minimum absolute atomic E-state index is 0.332. The highest BCUT2D eigenvalue weighted by molar-refractivity contribution is 5.45. The van der Waals surface area contributed by atoms with Crippen LogP contribution in [0, 0.1) is 30.1 Å². The Morgan fingerprint density at radius 2 is 2.03 bits per heavy atom. The van der Waals surface area contributed by atoms with Gasteiger partial charge in [-0.1, -0.05) is 45.3 Å². The monoisotopic (exact) mass is 395 g/mol. The van der Waals surface area contributed by atoms with Crippen LogP contribution in [0.4, 0.5) is 0 Å². The minimum atomic E-state index is 0.332. The quantitative estimate of drug-likeness (QED) is 0.620. The molecule has 1 saturated carbocycles. The molecule has 2 aliphatic rings. The van der Waals surface area contributed by atoms with E-state index in [9.17, 15) is 5.11 Å². The SMILES string of the molecule is CCc1cc2c(cc1O)CCC1C2CCC(C)(C(CC)Cc2cc(C)no2)C1C. The van der Waals surface area contributed by atoms with Gasteiger partial charge >= 0.3 is 0 Å². The second-order valence-electron chi connectivity index (χ2n) is 9.92. The summed E-state index contributed by atoms with van der Waals surface area (Å²) in [5.74, 6) is 4.23. The number of benzene rings is 1. The fourth-order valence-electron chi connectivity index (χ4n) is 6.62. The van der Waals surface area contributed by atoms with E-state index in [2.05, 4.69) is 51.1 Å². The van der Waals surface area contributed by atoms with Crippen LogP contribution >= 0.6 is 0 Å². The van der Waals surface area contributed by atoms with E-state index in [1.54, 1.807) is 0 Å². The molecule has 29 heavy (non-hydrogen) atoms. The van der Waals surface area contributed by atoms with Gasteiger partial charge in [0.1, 0.15) is 11.5 Å². The van der Waals surface area contributed by atoms with Crippen LogP contribution in [-0.2, 0) is 19.3 Å². The van der Waals surface area contributed by atoms with Crippen LogP contribution in [-0.4, -0.2) is 10.3 Å². The zero-order valence-corrected chi connectivity index (χ0v) is 18.8. The van der Waals surface area contributed by atoms with Gasteiger partial charge in [0.05, 0.1) is 5.69 Å². The first-order valence-electron chi connectivity index (χ1n) is 11.6. The molecule has 2 aliphatic carbocycles. The smallest absolute Gasteiger partial charge is 0.137 e. The number of phenolic OH excluding ortho intramolecular Hbond substituents is 1. The molecule has 0 saturated heterocycles. The third kappa shape index (κ3) is 3.51. The van der Waals surface area contributed by atoms with Gasteiger partial charge in [0.15, 0.2) is 0 Å². The first-order chi connectivity index (χ1) is 13.9. The van der Waals surface area contributed by atoms with E-state index in [-0.39, 0.29) is 0 Å². The highest BCUT2D eigenvalue weighted by Crippen LogP contribution is 2.58. The Morgan fingerprint density at radius 1 is 1.24 bits per heavy atom. The molecule has 5 unspecified atom stereocenters. The van der Waals surface area contributed by atoms with Crippen molar-refractivity contribution < 1.29 is 9.63 Å². The van der Waals surface area contributed by atoms with E-state index in [1.165, 1.54) is 36.8 Å². The summed E-state index contributed by atoms with van der Waals surface area (Å²) in [5.41, 5.74) is 5.34. The molecule has 0 spiro atoms. The van der Waals surface area contributed by atoms with E-state index in [0.717, 1.165) is 42.2 Å². The maximum atomic E-state index is 10.3. The zero-order valence-electron chi connectivity index (χ0n) is 18.8. The van der Waals surface area contributed by atoms with E-state index in [4.69, 9.17) is 4.52 Å². The molecule has 1 aromatic heterocycles. The lowest BCUT2D eigenvalue weighted by Crippen LogP contribution is -2.45.